The molecule has 0 fully saturated rings. The highest BCUT2D eigenvalue weighted by molar-refractivity contribution is 7.99. The summed E-state index contributed by atoms with van der Waals surface area (Å²) in [6.07, 6.45) is 6.41. The molecule has 0 saturated heterocycles. The van der Waals surface area contributed by atoms with Crippen molar-refractivity contribution in [2.24, 2.45) is 0 Å². The summed E-state index contributed by atoms with van der Waals surface area (Å²) in [5, 5.41) is 9.77. The lowest BCUT2D eigenvalue weighted by Crippen LogP contribution is -2.22. The van der Waals surface area contributed by atoms with Crippen molar-refractivity contribution in [2.75, 3.05) is 19.7 Å². The SMILES string of the molecule is C#CC[C@@H](O)C[C@@H](CCSc1ccccc1)OCOC. The Labute approximate surface area is 125 Å². The third-order valence-corrected chi connectivity index (χ3v) is 3.81. The van der Waals surface area contributed by atoms with Gasteiger partial charge in [-0.05, 0) is 18.6 Å². The molecule has 0 heterocycles. The molecule has 1 N–H and O–H groups in total. The summed E-state index contributed by atoms with van der Waals surface area (Å²) < 4.78 is 10.5. The number of benzene rings is 1. The van der Waals surface area contributed by atoms with E-state index in [2.05, 4.69) is 18.1 Å². The predicted octanol–water partition coefficient (Wildman–Crippen LogP) is 2.93. The molecule has 0 radical (unpaired) electrons. The number of aliphatic hydroxyl groups excluding tert-OH is 1. The Morgan fingerprint density at radius 3 is 2.75 bits per heavy atom. The van der Waals surface area contributed by atoms with Gasteiger partial charge in [0.05, 0.1) is 12.2 Å². The Bertz CT molecular complexity index is 388. The molecule has 0 saturated carbocycles. The van der Waals surface area contributed by atoms with E-state index in [1.54, 1.807) is 18.9 Å². The molecule has 1 aromatic carbocycles. The van der Waals surface area contributed by atoms with Crippen molar-refractivity contribution in [3.05, 3.63) is 30.3 Å². The van der Waals surface area contributed by atoms with E-state index in [1.807, 2.05) is 18.2 Å². The van der Waals surface area contributed by atoms with Crippen LogP contribution < -0.4 is 0 Å². The van der Waals surface area contributed by atoms with Crippen molar-refractivity contribution in [3.63, 3.8) is 0 Å². The number of hydrogen-bond donors (Lipinski definition) is 1. The zero-order valence-electron chi connectivity index (χ0n) is 11.8. The first-order valence-electron chi connectivity index (χ1n) is 6.66. The number of terminal acetylenes is 1. The Balaban J connectivity index is 2.34. The number of aliphatic hydroxyl groups is 1. The van der Waals surface area contributed by atoms with Gasteiger partial charge in [0, 0.05) is 30.6 Å². The molecule has 0 spiro atoms. The lowest BCUT2D eigenvalue weighted by molar-refractivity contribution is -0.0842. The van der Waals surface area contributed by atoms with Crippen molar-refractivity contribution < 1.29 is 14.6 Å². The van der Waals surface area contributed by atoms with Gasteiger partial charge < -0.3 is 14.6 Å². The second-order valence-electron chi connectivity index (χ2n) is 4.44. The van der Waals surface area contributed by atoms with Crippen LogP contribution in [-0.2, 0) is 9.47 Å². The third kappa shape index (κ3) is 7.56. The predicted molar refractivity (Wildman–Crippen MR) is 82.6 cm³/mol. The fraction of sp³-hybridized carbons (Fsp3) is 0.500. The fourth-order valence-corrected chi connectivity index (χ4v) is 2.75. The molecule has 3 nitrogen and oxygen atoms in total. The molecule has 1 aromatic rings. The van der Waals surface area contributed by atoms with Crippen LogP contribution in [0.3, 0.4) is 0 Å². The van der Waals surface area contributed by atoms with Crippen LogP contribution >= 0.6 is 11.8 Å². The maximum atomic E-state index is 9.77. The van der Waals surface area contributed by atoms with Crippen molar-refractivity contribution >= 4 is 11.8 Å². The zero-order valence-corrected chi connectivity index (χ0v) is 12.6. The molecule has 0 aliphatic heterocycles. The van der Waals surface area contributed by atoms with Crippen molar-refractivity contribution in [1.82, 2.24) is 0 Å². The topological polar surface area (TPSA) is 38.7 Å². The van der Waals surface area contributed by atoms with E-state index in [4.69, 9.17) is 15.9 Å². The summed E-state index contributed by atoms with van der Waals surface area (Å²) in [4.78, 5) is 1.24. The molecule has 0 aromatic heterocycles. The maximum Gasteiger partial charge on any atom is 0.146 e. The van der Waals surface area contributed by atoms with Crippen LogP contribution in [0.1, 0.15) is 19.3 Å². The molecule has 1 rings (SSSR count). The number of ether oxygens (including phenoxy) is 2. The summed E-state index contributed by atoms with van der Waals surface area (Å²) in [6, 6.07) is 10.2. The minimum atomic E-state index is -0.511. The summed E-state index contributed by atoms with van der Waals surface area (Å²) >= 11 is 1.78. The van der Waals surface area contributed by atoms with Crippen LogP contribution in [0, 0.1) is 12.3 Å². The minimum absolute atomic E-state index is 0.0329. The van der Waals surface area contributed by atoms with Crippen molar-refractivity contribution in [1.29, 1.82) is 0 Å². The quantitative estimate of drug-likeness (QED) is 0.409. The molecule has 0 aliphatic rings. The molecular formula is C16H22O3S. The Morgan fingerprint density at radius 1 is 1.35 bits per heavy atom. The summed E-state index contributed by atoms with van der Waals surface area (Å²) in [5.41, 5.74) is 0. The van der Waals surface area contributed by atoms with E-state index in [9.17, 15) is 5.11 Å². The summed E-state index contributed by atoms with van der Waals surface area (Å²) in [6.45, 7) is 0.240. The van der Waals surface area contributed by atoms with E-state index >= 15 is 0 Å². The van der Waals surface area contributed by atoms with Crippen molar-refractivity contribution in [3.8, 4) is 12.3 Å². The van der Waals surface area contributed by atoms with Gasteiger partial charge >= 0.3 is 0 Å². The molecule has 0 unspecified atom stereocenters. The lowest BCUT2D eigenvalue weighted by atomic mass is 10.1. The molecule has 4 heteroatoms. The Kier molecular flexibility index (Phi) is 9.18. The fourth-order valence-electron chi connectivity index (χ4n) is 1.78. The van der Waals surface area contributed by atoms with Gasteiger partial charge in [-0.15, -0.1) is 24.1 Å². The average Bonchev–Trinajstić information content (AvgIpc) is 2.46. The average molecular weight is 294 g/mol. The van der Waals surface area contributed by atoms with E-state index in [1.165, 1.54) is 4.90 Å². The first kappa shape index (κ1) is 17.1. The van der Waals surface area contributed by atoms with Crippen LogP contribution in [0.5, 0.6) is 0 Å². The summed E-state index contributed by atoms with van der Waals surface area (Å²) in [5.74, 6) is 3.40. The number of hydrogen-bond acceptors (Lipinski definition) is 4. The maximum absolute atomic E-state index is 9.77. The van der Waals surface area contributed by atoms with Gasteiger partial charge in [-0.1, -0.05) is 18.2 Å². The first-order valence-corrected chi connectivity index (χ1v) is 7.64. The molecule has 0 aliphatic carbocycles. The van der Waals surface area contributed by atoms with Crippen LogP contribution in [0.25, 0.3) is 0 Å². The first-order chi connectivity index (χ1) is 9.76. The Hall–Kier alpha value is -0.990. The Morgan fingerprint density at radius 2 is 2.10 bits per heavy atom. The third-order valence-electron chi connectivity index (χ3n) is 2.76. The van der Waals surface area contributed by atoms with E-state index in [0.717, 1.165) is 12.2 Å². The molecule has 0 bridgehead atoms. The number of methoxy groups -OCH3 is 1. The van der Waals surface area contributed by atoms with Crippen LogP contribution in [-0.4, -0.2) is 37.0 Å². The largest absolute Gasteiger partial charge is 0.392 e. The van der Waals surface area contributed by atoms with Crippen LogP contribution in [0.15, 0.2) is 35.2 Å². The van der Waals surface area contributed by atoms with E-state index in [-0.39, 0.29) is 12.9 Å². The molecule has 0 amide bonds. The van der Waals surface area contributed by atoms with Gasteiger partial charge in [0.1, 0.15) is 6.79 Å². The monoisotopic (exact) mass is 294 g/mol. The van der Waals surface area contributed by atoms with E-state index < -0.39 is 6.10 Å². The normalized spacial score (nSPS) is 13.7. The lowest BCUT2D eigenvalue weighted by Gasteiger charge is -2.19. The standard InChI is InChI=1S/C16H22O3S/c1-3-7-14(17)12-15(19-13-18-2)10-11-20-16-8-5-4-6-9-16/h1,4-6,8-9,14-15,17H,7,10-13H2,2H3/t14-,15-/m1/s1. The van der Waals surface area contributed by atoms with Gasteiger partial charge in [-0.3, -0.25) is 0 Å². The second-order valence-corrected chi connectivity index (χ2v) is 5.61. The van der Waals surface area contributed by atoms with Crippen LogP contribution in [0.4, 0.5) is 0 Å². The van der Waals surface area contributed by atoms with Crippen LogP contribution in [0.2, 0.25) is 0 Å². The molecule has 2 atom stereocenters. The summed E-state index contributed by atoms with van der Waals surface area (Å²) in [7, 11) is 1.59. The zero-order chi connectivity index (χ0) is 14.6. The number of rotatable bonds is 10. The van der Waals surface area contributed by atoms with Gasteiger partial charge in [0.2, 0.25) is 0 Å². The van der Waals surface area contributed by atoms with Gasteiger partial charge in [0.15, 0.2) is 0 Å². The molecule has 110 valence electrons. The highest BCUT2D eigenvalue weighted by atomic mass is 32.2. The smallest absolute Gasteiger partial charge is 0.146 e. The van der Waals surface area contributed by atoms with Gasteiger partial charge in [0.25, 0.3) is 0 Å². The second kappa shape index (κ2) is 10.8. The van der Waals surface area contributed by atoms with E-state index in [0.29, 0.717) is 12.8 Å². The molecular weight excluding hydrogens is 272 g/mol. The highest BCUT2D eigenvalue weighted by Gasteiger charge is 2.14. The van der Waals surface area contributed by atoms with Crippen molar-refractivity contribution in [2.45, 2.75) is 36.4 Å². The van der Waals surface area contributed by atoms with Gasteiger partial charge in [-0.2, -0.15) is 0 Å². The molecule has 20 heavy (non-hydrogen) atoms. The number of thioether (sulfide) groups is 1. The van der Waals surface area contributed by atoms with Gasteiger partial charge in [-0.25, -0.2) is 0 Å². The highest BCUT2D eigenvalue weighted by Crippen LogP contribution is 2.20. The minimum Gasteiger partial charge on any atom is -0.392 e.